The molecule has 0 aromatic heterocycles. The summed E-state index contributed by atoms with van der Waals surface area (Å²) >= 11 is 0. The Balaban J connectivity index is 0.00000361. The smallest absolute Gasteiger partial charge is 0.0786 e. The highest BCUT2D eigenvalue weighted by Gasteiger charge is 2.19. The first-order valence-electron chi connectivity index (χ1n) is 7.76. The minimum Gasteiger partial charge on any atom is -1.00 e. The van der Waals surface area contributed by atoms with Gasteiger partial charge in [-0.3, -0.25) is 0 Å². The lowest BCUT2D eigenvalue weighted by molar-refractivity contribution is -0.923. The van der Waals surface area contributed by atoms with E-state index in [1.165, 1.54) is 61.1 Å². The average Bonchev–Trinajstić information content (AvgIpc) is 2.49. The Morgan fingerprint density at radius 2 is 1.50 bits per heavy atom. The molecular weight excluding hydrogens is 310 g/mol. The molecule has 0 unspecified atom stereocenters. The third kappa shape index (κ3) is 5.80. The maximum Gasteiger partial charge on any atom is 0.0786 e. The molecule has 1 aromatic rings. The lowest BCUT2D eigenvalue weighted by Gasteiger charge is -2.35. The molecule has 114 valence electrons. The van der Waals surface area contributed by atoms with Crippen LogP contribution in [0.1, 0.15) is 44.7 Å². The normalized spacial score (nSPS) is 10.9. The van der Waals surface area contributed by atoms with E-state index < -0.39 is 0 Å². The predicted molar refractivity (Wildman–Crippen MR) is 86.2 cm³/mol. The molecular formula is C18H30BrN. The minimum absolute atomic E-state index is 0. The molecule has 0 spiro atoms. The van der Waals surface area contributed by atoms with Gasteiger partial charge in [-0.15, -0.1) is 0 Å². The lowest BCUT2D eigenvalue weighted by Crippen LogP contribution is -3.00. The molecule has 1 aromatic carbocycles. The van der Waals surface area contributed by atoms with E-state index >= 15 is 0 Å². The van der Waals surface area contributed by atoms with Gasteiger partial charge in [0.15, 0.2) is 0 Å². The Labute approximate surface area is 136 Å². The maximum absolute atomic E-state index is 3.79. The second kappa shape index (κ2) is 10.2. The van der Waals surface area contributed by atoms with Gasteiger partial charge in [-0.05, 0) is 51.2 Å². The van der Waals surface area contributed by atoms with Crippen molar-refractivity contribution in [1.29, 1.82) is 0 Å². The van der Waals surface area contributed by atoms with E-state index in [-0.39, 0.29) is 17.0 Å². The van der Waals surface area contributed by atoms with Crippen molar-refractivity contribution in [3.05, 3.63) is 42.0 Å². The standard InChI is InChI=1S/C18H30N.BrH/c1-5-17-12-14-18(15-13-17)11-9-10-16-19(6-2,7-3)8-4;/h5,12-15H,1,6-11,16H2,2-4H3;1H/q+1;/p-1. The van der Waals surface area contributed by atoms with Crippen molar-refractivity contribution < 1.29 is 21.5 Å². The highest BCUT2D eigenvalue weighted by molar-refractivity contribution is 5.47. The molecule has 0 atom stereocenters. The molecule has 0 bridgehead atoms. The highest BCUT2D eigenvalue weighted by atomic mass is 79.9. The van der Waals surface area contributed by atoms with Gasteiger partial charge in [-0.25, -0.2) is 0 Å². The summed E-state index contributed by atoms with van der Waals surface area (Å²) in [6.45, 7) is 15.9. The number of quaternary nitrogens is 1. The number of halogens is 1. The van der Waals surface area contributed by atoms with E-state index in [0.717, 1.165) is 0 Å². The minimum atomic E-state index is 0. The fourth-order valence-electron chi connectivity index (χ4n) is 2.74. The van der Waals surface area contributed by atoms with E-state index in [1.807, 2.05) is 6.08 Å². The quantitative estimate of drug-likeness (QED) is 0.473. The Kier molecular flexibility index (Phi) is 9.87. The third-order valence-electron chi connectivity index (χ3n) is 4.58. The summed E-state index contributed by atoms with van der Waals surface area (Å²) in [7, 11) is 0. The monoisotopic (exact) mass is 339 g/mol. The summed E-state index contributed by atoms with van der Waals surface area (Å²) in [5, 5.41) is 0. The van der Waals surface area contributed by atoms with Crippen LogP contribution in [0.5, 0.6) is 0 Å². The van der Waals surface area contributed by atoms with Crippen LogP contribution in [-0.4, -0.2) is 30.7 Å². The van der Waals surface area contributed by atoms with Crippen molar-refractivity contribution in [1.82, 2.24) is 0 Å². The topological polar surface area (TPSA) is 0 Å². The van der Waals surface area contributed by atoms with Gasteiger partial charge in [0.25, 0.3) is 0 Å². The highest BCUT2D eigenvalue weighted by Crippen LogP contribution is 2.12. The molecule has 0 N–H and O–H groups in total. The number of benzene rings is 1. The number of hydrogen-bond acceptors (Lipinski definition) is 0. The van der Waals surface area contributed by atoms with Crippen LogP contribution >= 0.6 is 0 Å². The zero-order chi connectivity index (χ0) is 14.1. The van der Waals surface area contributed by atoms with E-state index in [1.54, 1.807) is 0 Å². The Hall–Kier alpha value is -0.600. The molecule has 0 aliphatic rings. The van der Waals surface area contributed by atoms with Gasteiger partial charge in [0.2, 0.25) is 0 Å². The summed E-state index contributed by atoms with van der Waals surface area (Å²) in [4.78, 5) is 0. The Morgan fingerprint density at radius 1 is 0.950 bits per heavy atom. The zero-order valence-electron chi connectivity index (χ0n) is 13.4. The lowest BCUT2D eigenvalue weighted by atomic mass is 10.1. The van der Waals surface area contributed by atoms with Crippen molar-refractivity contribution in [3.63, 3.8) is 0 Å². The number of hydrogen-bond donors (Lipinski definition) is 0. The molecule has 1 rings (SSSR count). The molecule has 2 heteroatoms. The number of rotatable bonds is 9. The van der Waals surface area contributed by atoms with Crippen LogP contribution in [0.3, 0.4) is 0 Å². The molecule has 0 aliphatic heterocycles. The second-order valence-electron chi connectivity index (χ2n) is 5.42. The number of aryl methyl sites for hydroxylation is 1. The molecule has 0 amide bonds. The van der Waals surface area contributed by atoms with Gasteiger partial charge in [0, 0.05) is 0 Å². The van der Waals surface area contributed by atoms with Crippen molar-refractivity contribution in [3.8, 4) is 0 Å². The SMILES string of the molecule is C=Cc1ccc(CCCC[N+](CC)(CC)CC)cc1.[Br-]. The Morgan fingerprint density at radius 3 is 1.95 bits per heavy atom. The maximum atomic E-state index is 3.79. The molecule has 1 nitrogen and oxygen atoms in total. The number of unbranched alkanes of at least 4 members (excludes halogenated alkanes) is 1. The van der Waals surface area contributed by atoms with E-state index in [2.05, 4.69) is 51.6 Å². The van der Waals surface area contributed by atoms with Crippen LogP contribution in [0.15, 0.2) is 30.8 Å². The number of nitrogens with zero attached hydrogens (tertiary/aromatic N) is 1. The molecule has 0 radical (unpaired) electrons. The van der Waals surface area contributed by atoms with Crippen molar-refractivity contribution in [2.75, 3.05) is 26.2 Å². The van der Waals surface area contributed by atoms with Crippen molar-refractivity contribution in [2.45, 2.75) is 40.0 Å². The van der Waals surface area contributed by atoms with Gasteiger partial charge in [0.1, 0.15) is 0 Å². The summed E-state index contributed by atoms with van der Waals surface area (Å²) in [5.41, 5.74) is 2.66. The average molecular weight is 340 g/mol. The third-order valence-corrected chi connectivity index (χ3v) is 4.58. The summed E-state index contributed by atoms with van der Waals surface area (Å²) < 4.78 is 1.27. The molecule has 0 fully saturated rings. The van der Waals surface area contributed by atoms with E-state index in [9.17, 15) is 0 Å². The zero-order valence-corrected chi connectivity index (χ0v) is 15.0. The van der Waals surface area contributed by atoms with Crippen molar-refractivity contribution in [2.24, 2.45) is 0 Å². The largest absolute Gasteiger partial charge is 1.00 e. The van der Waals surface area contributed by atoms with Gasteiger partial charge < -0.3 is 21.5 Å². The molecule has 0 saturated heterocycles. The summed E-state index contributed by atoms with van der Waals surface area (Å²) in [6, 6.07) is 8.79. The Bertz CT molecular complexity index is 357. The molecule has 0 heterocycles. The molecule has 20 heavy (non-hydrogen) atoms. The van der Waals surface area contributed by atoms with Gasteiger partial charge in [-0.1, -0.05) is 36.9 Å². The fraction of sp³-hybridized carbons (Fsp3) is 0.556. The second-order valence-corrected chi connectivity index (χ2v) is 5.42. The van der Waals surface area contributed by atoms with Crippen LogP contribution in [0.25, 0.3) is 6.08 Å². The van der Waals surface area contributed by atoms with Crippen LogP contribution in [0.2, 0.25) is 0 Å². The van der Waals surface area contributed by atoms with Crippen LogP contribution < -0.4 is 17.0 Å². The van der Waals surface area contributed by atoms with Gasteiger partial charge in [0.05, 0.1) is 26.2 Å². The molecule has 0 aliphatic carbocycles. The van der Waals surface area contributed by atoms with Crippen LogP contribution in [-0.2, 0) is 6.42 Å². The van der Waals surface area contributed by atoms with E-state index in [0.29, 0.717) is 0 Å². The first-order valence-corrected chi connectivity index (χ1v) is 7.76. The van der Waals surface area contributed by atoms with Gasteiger partial charge >= 0.3 is 0 Å². The first kappa shape index (κ1) is 19.4. The fourth-order valence-corrected chi connectivity index (χ4v) is 2.74. The predicted octanol–water partition coefficient (Wildman–Crippen LogP) is 1.53. The van der Waals surface area contributed by atoms with Crippen LogP contribution in [0, 0.1) is 0 Å². The first-order chi connectivity index (χ1) is 9.19. The summed E-state index contributed by atoms with van der Waals surface area (Å²) in [5.74, 6) is 0. The van der Waals surface area contributed by atoms with Gasteiger partial charge in [-0.2, -0.15) is 0 Å². The van der Waals surface area contributed by atoms with E-state index in [4.69, 9.17) is 0 Å². The molecule has 0 saturated carbocycles. The van der Waals surface area contributed by atoms with Crippen LogP contribution in [0.4, 0.5) is 0 Å². The summed E-state index contributed by atoms with van der Waals surface area (Å²) in [6.07, 6.45) is 5.74. The van der Waals surface area contributed by atoms with Crippen molar-refractivity contribution >= 4 is 6.08 Å².